The molecule has 0 aliphatic carbocycles. The molecule has 1 aromatic heterocycles. The van der Waals surface area contributed by atoms with Crippen LogP contribution in [0.3, 0.4) is 0 Å². The van der Waals surface area contributed by atoms with E-state index in [9.17, 15) is 9.59 Å². The Morgan fingerprint density at radius 3 is 2.58 bits per heavy atom. The van der Waals surface area contributed by atoms with E-state index in [-0.39, 0.29) is 18.4 Å². The molecule has 0 atom stereocenters. The van der Waals surface area contributed by atoms with E-state index in [1.165, 1.54) is 0 Å². The van der Waals surface area contributed by atoms with Gasteiger partial charge in [-0.2, -0.15) is 0 Å². The highest BCUT2D eigenvalue weighted by Gasteiger charge is 2.11. The molecule has 0 saturated heterocycles. The maximum absolute atomic E-state index is 12.1. The number of aromatic nitrogens is 1. The zero-order chi connectivity index (χ0) is 16.9. The van der Waals surface area contributed by atoms with E-state index in [0.717, 1.165) is 5.39 Å². The summed E-state index contributed by atoms with van der Waals surface area (Å²) in [5.41, 5.74) is 1.66. The molecule has 0 spiro atoms. The highest BCUT2D eigenvalue weighted by molar-refractivity contribution is 6.35. The van der Waals surface area contributed by atoms with Crippen LogP contribution >= 0.6 is 11.6 Å². The third kappa shape index (κ3) is 3.52. The van der Waals surface area contributed by atoms with E-state index >= 15 is 0 Å². The monoisotopic (exact) mass is 339 g/mol. The molecule has 0 aliphatic heterocycles. The number of rotatable bonds is 4. The molecule has 3 rings (SSSR count). The van der Waals surface area contributed by atoms with Gasteiger partial charge in [0.25, 0.3) is 5.91 Å². The smallest absolute Gasteiger partial charge is 0.251 e. The van der Waals surface area contributed by atoms with Gasteiger partial charge in [-0.3, -0.25) is 14.6 Å². The minimum atomic E-state index is -0.339. The largest absolute Gasteiger partial charge is 0.343 e. The van der Waals surface area contributed by atoms with Gasteiger partial charge in [-0.15, -0.1) is 0 Å². The van der Waals surface area contributed by atoms with Crippen LogP contribution < -0.4 is 10.6 Å². The highest BCUT2D eigenvalue weighted by atomic mass is 35.5. The van der Waals surface area contributed by atoms with E-state index in [0.29, 0.717) is 21.8 Å². The number of carbonyl (C=O) groups excluding carboxylic acids is 2. The summed E-state index contributed by atoms with van der Waals surface area (Å²) >= 11 is 6.13. The molecule has 0 radical (unpaired) electrons. The minimum absolute atomic E-state index is 0.134. The van der Waals surface area contributed by atoms with Crippen LogP contribution in [0.4, 0.5) is 5.69 Å². The second-order valence-corrected chi connectivity index (χ2v) is 5.50. The third-order valence-corrected chi connectivity index (χ3v) is 3.77. The minimum Gasteiger partial charge on any atom is -0.343 e. The summed E-state index contributed by atoms with van der Waals surface area (Å²) < 4.78 is 0. The number of hydrogen-bond donors (Lipinski definition) is 2. The Bertz CT molecular complexity index is 897. The Balaban J connectivity index is 1.68. The second kappa shape index (κ2) is 7.10. The molecule has 0 fully saturated rings. The number of nitrogens with one attached hydrogen (secondary N) is 2. The SMILES string of the molecule is O=C(CNC(=O)c1ccccc1)Nc1ccc(Cl)c2cccnc12. The molecule has 5 nitrogen and oxygen atoms in total. The first-order valence-electron chi connectivity index (χ1n) is 7.31. The third-order valence-electron chi connectivity index (χ3n) is 3.44. The molecule has 0 saturated carbocycles. The number of amides is 2. The zero-order valence-electron chi connectivity index (χ0n) is 12.6. The Morgan fingerprint density at radius 1 is 1.00 bits per heavy atom. The van der Waals surface area contributed by atoms with E-state index in [1.807, 2.05) is 12.1 Å². The lowest BCUT2D eigenvalue weighted by atomic mass is 10.2. The number of carbonyl (C=O) groups is 2. The highest BCUT2D eigenvalue weighted by Crippen LogP contribution is 2.27. The first kappa shape index (κ1) is 16.0. The first-order valence-corrected chi connectivity index (χ1v) is 7.69. The number of hydrogen-bond acceptors (Lipinski definition) is 3. The zero-order valence-corrected chi connectivity index (χ0v) is 13.4. The van der Waals surface area contributed by atoms with Crippen LogP contribution in [0.5, 0.6) is 0 Å². The summed E-state index contributed by atoms with van der Waals surface area (Å²) in [5, 5.41) is 6.64. The normalized spacial score (nSPS) is 10.4. The van der Waals surface area contributed by atoms with Crippen molar-refractivity contribution in [2.24, 2.45) is 0 Å². The van der Waals surface area contributed by atoms with Gasteiger partial charge in [0.05, 0.1) is 22.8 Å². The van der Waals surface area contributed by atoms with Crippen LogP contribution in [0, 0.1) is 0 Å². The second-order valence-electron chi connectivity index (χ2n) is 5.09. The molecule has 0 bridgehead atoms. The number of pyridine rings is 1. The fraction of sp³-hybridized carbons (Fsp3) is 0.0556. The van der Waals surface area contributed by atoms with Crippen molar-refractivity contribution in [1.82, 2.24) is 10.3 Å². The van der Waals surface area contributed by atoms with Gasteiger partial charge >= 0.3 is 0 Å². The van der Waals surface area contributed by atoms with E-state index in [1.54, 1.807) is 48.7 Å². The van der Waals surface area contributed by atoms with Gasteiger partial charge in [-0.1, -0.05) is 29.8 Å². The van der Waals surface area contributed by atoms with Gasteiger partial charge < -0.3 is 10.6 Å². The van der Waals surface area contributed by atoms with Gasteiger partial charge in [-0.05, 0) is 36.4 Å². The molecule has 24 heavy (non-hydrogen) atoms. The number of anilines is 1. The Hall–Kier alpha value is -2.92. The van der Waals surface area contributed by atoms with Crippen molar-refractivity contribution in [3.05, 3.63) is 71.4 Å². The quantitative estimate of drug-likeness (QED) is 0.766. The predicted molar refractivity (Wildman–Crippen MR) is 94.2 cm³/mol. The van der Waals surface area contributed by atoms with Crippen molar-refractivity contribution < 1.29 is 9.59 Å². The Labute approximate surface area is 143 Å². The van der Waals surface area contributed by atoms with Gasteiger partial charge in [0.2, 0.25) is 5.91 Å². The van der Waals surface area contributed by atoms with E-state index in [2.05, 4.69) is 15.6 Å². The molecule has 2 N–H and O–H groups in total. The van der Waals surface area contributed by atoms with E-state index in [4.69, 9.17) is 11.6 Å². The average molecular weight is 340 g/mol. The molecule has 0 unspecified atom stereocenters. The van der Waals surface area contributed by atoms with Gasteiger partial charge in [0.1, 0.15) is 0 Å². The van der Waals surface area contributed by atoms with Crippen LogP contribution in [-0.2, 0) is 4.79 Å². The number of halogens is 1. The first-order chi connectivity index (χ1) is 11.6. The Morgan fingerprint density at radius 2 is 1.79 bits per heavy atom. The molecule has 2 amide bonds. The summed E-state index contributed by atoms with van der Waals surface area (Å²) in [5.74, 6) is -0.640. The lowest BCUT2D eigenvalue weighted by molar-refractivity contribution is -0.115. The molecular weight excluding hydrogens is 326 g/mol. The average Bonchev–Trinajstić information content (AvgIpc) is 2.63. The summed E-state index contributed by atoms with van der Waals surface area (Å²) in [6.45, 7) is -0.134. The maximum atomic E-state index is 12.1. The van der Waals surface area contributed by atoms with E-state index < -0.39 is 0 Å². The fourth-order valence-corrected chi connectivity index (χ4v) is 2.50. The molecule has 120 valence electrons. The molecule has 6 heteroatoms. The van der Waals surface area contributed by atoms with Crippen molar-refractivity contribution >= 4 is 40.0 Å². The number of fused-ring (bicyclic) bond motifs is 1. The molecule has 3 aromatic rings. The molecule has 1 heterocycles. The van der Waals surface area contributed by atoms with Crippen LogP contribution in [0.25, 0.3) is 10.9 Å². The number of benzene rings is 2. The maximum Gasteiger partial charge on any atom is 0.251 e. The van der Waals surface area contributed by atoms with Crippen LogP contribution in [-0.4, -0.2) is 23.3 Å². The number of nitrogens with zero attached hydrogens (tertiary/aromatic N) is 1. The fourth-order valence-electron chi connectivity index (χ4n) is 2.29. The van der Waals surface area contributed by atoms with Crippen molar-refractivity contribution in [2.75, 3.05) is 11.9 Å². The summed E-state index contributed by atoms with van der Waals surface area (Å²) in [7, 11) is 0. The van der Waals surface area contributed by atoms with Crippen LogP contribution in [0.15, 0.2) is 60.8 Å². The van der Waals surface area contributed by atoms with Gasteiger partial charge in [0.15, 0.2) is 0 Å². The van der Waals surface area contributed by atoms with Crippen molar-refractivity contribution in [2.45, 2.75) is 0 Å². The van der Waals surface area contributed by atoms with Crippen molar-refractivity contribution in [3.8, 4) is 0 Å². The lowest BCUT2D eigenvalue weighted by Gasteiger charge is -2.10. The Kier molecular flexibility index (Phi) is 4.72. The standard InChI is InChI=1S/C18H14ClN3O2/c19-14-8-9-15(17-13(14)7-4-10-20-17)22-16(23)11-21-18(24)12-5-2-1-3-6-12/h1-10H,11H2,(H,21,24)(H,22,23). The summed E-state index contributed by atoms with van der Waals surface area (Å²) in [6.07, 6.45) is 1.63. The van der Waals surface area contributed by atoms with Crippen molar-refractivity contribution in [3.63, 3.8) is 0 Å². The van der Waals surface area contributed by atoms with Gasteiger partial charge in [0, 0.05) is 17.1 Å². The molecular formula is C18H14ClN3O2. The van der Waals surface area contributed by atoms with Crippen LogP contribution in [0.2, 0.25) is 5.02 Å². The summed E-state index contributed by atoms with van der Waals surface area (Å²) in [4.78, 5) is 28.3. The van der Waals surface area contributed by atoms with Gasteiger partial charge in [-0.25, -0.2) is 0 Å². The van der Waals surface area contributed by atoms with Crippen molar-refractivity contribution in [1.29, 1.82) is 0 Å². The molecule has 2 aromatic carbocycles. The molecule has 0 aliphatic rings. The lowest BCUT2D eigenvalue weighted by Crippen LogP contribution is -2.32. The topological polar surface area (TPSA) is 71.1 Å². The predicted octanol–water partition coefficient (Wildman–Crippen LogP) is 3.26. The summed E-state index contributed by atoms with van der Waals surface area (Å²) in [6, 6.07) is 15.7. The van der Waals surface area contributed by atoms with Crippen LogP contribution in [0.1, 0.15) is 10.4 Å².